The van der Waals surface area contributed by atoms with E-state index in [2.05, 4.69) is 36.9 Å². The number of phenols is 1. The Bertz CT molecular complexity index is 745. The number of nitro groups is 1. The molecule has 108 valence electrons. The molecule has 7 heteroatoms. The average molecular weight is 414 g/mol. The fourth-order valence-electron chi connectivity index (χ4n) is 1.70. The highest BCUT2D eigenvalue weighted by molar-refractivity contribution is 9.10. The van der Waals surface area contributed by atoms with E-state index < -0.39 is 10.7 Å². The Kier molecular flexibility index (Phi) is 4.74. The molecule has 0 aliphatic heterocycles. The van der Waals surface area contributed by atoms with Crippen molar-refractivity contribution in [2.45, 2.75) is 6.92 Å². The minimum Gasteiger partial charge on any atom is -0.502 e. The topological polar surface area (TPSA) is 75.7 Å². The van der Waals surface area contributed by atoms with Gasteiger partial charge in [0.05, 0.1) is 10.6 Å². The molecule has 0 aromatic heterocycles. The summed E-state index contributed by atoms with van der Waals surface area (Å²) >= 11 is 6.58. The largest absolute Gasteiger partial charge is 0.502 e. The summed E-state index contributed by atoms with van der Waals surface area (Å²) in [5.41, 5.74) is 1.65. The maximum absolute atomic E-state index is 10.9. The van der Waals surface area contributed by atoms with Gasteiger partial charge in [0.25, 0.3) is 0 Å². The van der Waals surface area contributed by atoms with Gasteiger partial charge in [-0.2, -0.15) is 0 Å². The highest BCUT2D eigenvalue weighted by Gasteiger charge is 2.17. The Hall–Kier alpha value is -1.73. The van der Waals surface area contributed by atoms with Gasteiger partial charge in [-0.1, -0.05) is 22.0 Å². The van der Waals surface area contributed by atoms with Crippen LogP contribution >= 0.6 is 31.9 Å². The van der Waals surface area contributed by atoms with E-state index in [1.54, 1.807) is 6.07 Å². The molecule has 0 saturated carbocycles. The minimum atomic E-state index is -0.640. The molecule has 0 amide bonds. The van der Waals surface area contributed by atoms with E-state index in [-0.39, 0.29) is 11.3 Å². The smallest absolute Gasteiger partial charge is 0.312 e. The van der Waals surface area contributed by atoms with Crippen LogP contribution < -0.4 is 0 Å². The van der Waals surface area contributed by atoms with Crippen LogP contribution in [-0.2, 0) is 0 Å². The lowest BCUT2D eigenvalue weighted by atomic mass is 10.2. The van der Waals surface area contributed by atoms with Crippen molar-refractivity contribution < 1.29 is 10.0 Å². The van der Waals surface area contributed by atoms with Gasteiger partial charge in [0.2, 0.25) is 5.75 Å². The first-order valence-corrected chi connectivity index (χ1v) is 7.44. The summed E-state index contributed by atoms with van der Waals surface area (Å²) in [7, 11) is 0. The second-order valence-corrected chi connectivity index (χ2v) is 6.10. The van der Waals surface area contributed by atoms with Crippen molar-refractivity contribution in [2.24, 2.45) is 4.99 Å². The summed E-state index contributed by atoms with van der Waals surface area (Å²) in [5.74, 6) is -0.407. The Morgan fingerprint density at radius 2 is 2.00 bits per heavy atom. The van der Waals surface area contributed by atoms with Crippen LogP contribution in [0.3, 0.4) is 0 Å². The molecule has 0 aliphatic rings. The summed E-state index contributed by atoms with van der Waals surface area (Å²) in [5, 5.41) is 20.8. The van der Waals surface area contributed by atoms with Crippen LogP contribution in [0.25, 0.3) is 0 Å². The van der Waals surface area contributed by atoms with Gasteiger partial charge in [-0.15, -0.1) is 0 Å². The van der Waals surface area contributed by atoms with Crippen LogP contribution in [0.5, 0.6) is 5.75 Å². The van der Waals surface area contributed by atoms with E-state index in [0.717, 1.165) is 10.0 Å². The fraction of sp³-hybridized carbons (Fsp3) is 0.0714. The first kappa shape index (κ1) is 15.7. The van der Waals surface area contributed by atoms with Gasteiger partial charge in [0.15, 0.2) is 0 Å². The number of hydrogen-bond acceptors (Lipinski definition) is 4. The number of hydrogen-bond donors (Lipinski definition) is 1. The van der Waals surface area contributed by atoms with E-state index in [9.17, 15) is 15.2 Å². The van der Waals surface area contributed by atoms with Crippen molar-refractivity contribution in [2.75, 3.05) is 0 Å². The lowest BCUT2D eigenvalue weighted by molar-refractivity contribution is -0.385. The number of nitrogens with zero attached hydrogens (tertiary/aromatic N) is 2. The molecule has 0 heterocycles. The average Bonchev–Trinajstić information content (AvgIpc) is 2.40. The monoisotopic (exact) mass is 412 g/mol. The normalized spacial score (nSPS) is 11.0. The van der Waals surface area contributed by atoms with Crippen LogP contribution in [0.2, 0.25) is 0 Å². The van der Waals surface area contributed by atoms with Crippen LogP contribution in [0, 0.1) is 17.0 Å². The van der Waals surface area contributed by atoms with Gasteiger partial charge >= 0.3 is 5.69 Å². The third-order valence-electron chi connectivity index (χ3n) is 2.73. The summed E-state index contributed by atoms with van der Waals surface area (Å²) in [4.78, 5) is 14.5. The van der Waals surface area contributed by atoms with Gasteiger partial charge < -0.3 is 5.11 Å². The molecule has 2 aromatic carbocycles. The standard InChI is InChI=1S/C14H10Br2N2O3/c1-8-2-3-12(11(16)4-8)17-7-9-5-10(15)6-13(14(9)19)18(20)21/h2-7,19H,1H3. The van der Waals surface area contributed by atoms with Crippen LogP contribution in [0.15, 0.2) is 44.3 Å². The van der Waals surface area contributed by atoms with Gasteiger partial charge in [-0.25, -0.2) is 0 Å². The molecule has 0 bridgehead atoms. The van der Waals surface area contributed by atoms with Crippen molar-refractivity contribution in [1.29, 1.82) is 0 Å². The summed E-state index contributed by atoms with van der Waals surface area (Å²) in [6.45, 7) is 1.96. The quantitative estimate of drug-likeness (QED) is 0.442. The zero-order chi connectivity index (χ0) is 15.6. The molecule has 21 heavy (non-hydrogen) atoms. The number of halogens is 2. The van der Waals surface area contributed by atoms with Crippen molar-refractivity contribution >= 4 is 49.4 Å². The first-order chi connectivity index (χ1) is 9.88. The highest BCUT2D eigenvalue weighted by atomic mass is 79.9. The van der Waals surface area contributed by atoms with Gasteiger partial charge in [-0.3, -0.25) is 15.1 Å². The molecule has 0 radical (unpaired) electrons. The van der Waals surface area contributed by atoms with Gasteiger partial charge in [-0.05, 0) is 46.6 Å². The molecule has 2 aromatic rings. The number of aliphatic imine (C=N–C) groups is 1. The molecule has 0 aliphatic carbocycles. The lowest BCUT2D eigenvalue weighted by Gasteiger charge is -2.03. The van der Waals surface area contributed by atoms with Crippen molar-refractivity contribution in [1.82, 2.24) is 0 Å². The van der Waals surface area contributed by atoms with Gasteiger partial charge in [0, 0.05) is 26.8 Å². The third kappa shape index (κ3) is 3.68. The van der Waals surface area contributed by atoms with Gasteiger partial charge in [0.1, 0.15) is 0 Å². The minimum absolute atomic E-state index is 0.267. The van der Waals surface area contributed by atoms with E-state index in [1.165, 1.54) is 12.3 Å². The highest BCUT2D eigenvalue weighted by Crippen LogP contribution is 2.33. The van der Waals surface area contributed by atoms with Crippen molar-refractivity contribution in [3.63, 3.8) is 0 Å². The Morgan fingerprint density at radius 1 is 1.29 bits per heavy atom. The molecule has 2 rings (SSSR count). The molecule has 0 fully saturated rings. The van der Waals surface area contributed by atoms with Crippen LogP contribution in [0.1, 0.15) is 11.1 Å². The van der Waals surface area contributed by atoms with Crippen molar-refractivity contribution in [3.8, 4) is 5.75 Å². The van der Waals surface area contributed by atoms with E-state index >= 15 is 0 Å². The number of nitro benzene ring substituents is 1. The summed E-state index contributed by atoms with van der Waals surface area (Å²) in [6, 6.07) is 8.44. The van der Waals surface area contributed by atoms with Crippen LogP contribution in [-0.4, -0.2) is 16.2 Å². The predicted octanol–water partition coefficient (Wildman–Crippen LogP) is 4.88. The Balaban J connectivity index is 2.43. The summed E-state index contributed by atoms with van der Waals surface area (Å²) in [6.07, 6.45) is 1.39. The lowest BCUT2D eigenvalue weighted by Crippen LogP contribution is -1.92. The maximum Gasteiger partial charge on any atom is 0.312 e. The molecule has 5 nitrogen and oxygen atoms in total. The van der Waals surface area contributed by atoms with E-state index in [1.807, 2.05) is 25.1 Å². The zero-order valence-corrected chi connectivity index (χ0v) is 14.1. The predicted molar refractivity (Wildman–Crippen MR) is 88.6 cm³/mol. The Morgan fingerprint density at radius 3 is 2.62 bits per heavy atom. The zero-order valence-electron chi connectivity index (χ0n) is 10.9. The number of aromatic hydroxyl groups is 1. The molecule has 0 saturated heterocycles. The maximum atomic E-state index is 10.9. The molecule has 0 unspecified atom stereocenters. The van der Waals surface area contributed by atoms with E-state index in [0.29, 0.717) is 10.2 Å². The fourth-order valence-corrected chi connectivity index (χ4v) is 2.76. The first-order valence-electron chi connectivity index (χ1n) is 5.85. The second kappa shape index (κ2) is 6.36. The molecule has 1 N–H and O–H groups in total. The molecular formula is C14H10Br2N2O3. The molecule has 0 atom stereocenters. The molecular weight excluding hydrogens is 404 g/mol. The third-order valence-corrected chi connectivity index (χ3v) is 3.82. The Labute approximate surface area is 137 Å². The number of benzene rings is 2. The number of rotatable bonds is 3. The number of phenolic OH excluding ortho intramolecular Hbond substituents is 1. The summed E-state index contributed by atoms with van der Waals surface area (Å²) < 4.78 is 1.30. The number of aryl methyl sites for hydroxylation is 1. The van der Waals surface area contributed by atoms with Crippen LogP contribution in [0.4, 0.5) is 11.4 Å². The van der Waals surface area contributed by atoms with Crippen molar-refractivity contribution in [3.05, 3.63) is 60.5 Å². The second-order valence-electron chi connectivity index (χ2n) is 4.33. The van der Waals surface area contributed by atoms with E-state index in [4.69, 9.17) is 0 Å². The molecule has 0 spiro atoms. The SMILES string of the molecule is Cc1ccc(N=Cc2cc(Br)cc([N+](=O)[O-])c2O)c(Br)c1.